The maximum absolute atomic E-state index is 13.1. The van der Waals surface area contributed by atoms with Crippen molar-refractivity contribution >= 4 is 22.6 Å². The number of rotatable bonds is 2. The van der Waals surface area contributed by atoms with Gasteiger partial charge in [-0.3, -0.25) is 4.79 Å². The Hall–Kier alpha value is -2.56. The van der Waals surface area contributed by atoms with Crippen molar-refractivity contribution in [3.63, 3.8) is 0 Å². The lowest BCUT2D eigenvalue weighted by Crippen LogP contribution is -2.16. The van der Waals surface area contributed by atoms with Crippen molar-refractivity contribution in [2.75, 3.05) is 5.73 Å². The Kier molecular flexibility index (Phi) is 3.44. The van der Waals surface area contributed by atoms with Gasteiger partial charge in [-0.1, -0.05) is 13.0 Å². The second-order valence-electron chi connectivity index (χ2n) is 6.52. The number of aryl methyl sites for hydroxylation is 3. The van der Waals surface area contributed by atoms with Crippen LogP contribution in [0.1, 0.15) is 47.1 Å². The first-order valence-electron chi connectivity index (χ1n) is 8.60. The smallest absolute Gasteiger partial charge is 0.280 e. The number of nitrogen functional groups attached to an aromatic ring is 1. The Balaban J connectivity index is 1.86. The predicted octanol–water partition coefficient (Wildman–Crippen LogP) is 3.09. The molecule has 0 saturated carbocycles. The minimum Gasteiger partial charge on any atom is -0.383 e. The van der Waals surface area contributed by atoms with Crippen LogP contribution >= 0.6 is 0 Å². The molecule has 1 aliphatic carbocycles. The molecule has 24 heavy (non-hydrogen) atoms. The van der Waals surface area contributed by atoms with Gasteiger partial charge in [0.1, 0.15) is 5.82 Å². The van der Waals surface area contributed by atoms with E-state index in [4.69, 9.17) is 5.73 Å². The molecule has 2 heterocycles. The van der Waals surface area contributed by atoms with E-state index in [1.54, 1.807) is 0 Å². The summed E-state index contributed by atoms with van der Waals surface area (Å²) in [5, 5.41) is 5.49. The fourth-order valence-corrected chi connectivity index (χ4v) is 3.79. The number of benzene rings is 1. The molecule has 3 aromatic rings. The van der Waals surface area contributed by atoms with E-state index < -0.39 is 0 Å². The van der Waals surface area contributed by atoms with Crippen LogP contribution in [0.5, 0.6) is 0 Å². The van der Waals surface area contributed by atoms with Crippen LogP contribution in [0.2, 0.25) is 0 Å². The van der Waals surface area contributed by atoms with E-state index in [0.717, 1.165) is 54.3 Å². The van der Waals surface area contributed by atoms with Gasteiger partial charge in [-0.2, -0.15) is 9.78 Å². The molecule has 0 radical (unpaired) electrons. The number of nitrogens with two attached hydrogens (primary N) is 1. The highest BCUT2D eigenvalue weighted by atomic mass is 16.2. The lowest BCUT2D eigenvalue weighted by atomic mass is 9.98. The predicted molar refractivity (Wildman–Crippen MR) is 95.3 cm³/mol. The Morgan fingerprint density at radius 3 is 2.83 bits per heavy atom. The zero-order valence-electron chi connectivity index (χ0n) is 14.2. The summed E-state index contributed by atoms with van der Waals surface area (Å²) in [6.07, 6.45) is 4.99. The van der Waals surface area contributed by atoms with Crippen molar-refractivity contribution in [1.82, 2.24) is 14.3 Å². The van der Waals surface area contributed by atoms with E-state index in [9.17, 15) is 4.79 Å². The molecule has 2 N–H and O–H groups in total. The number of carbonyl (C=O) groups is 1. The van der Waals surface area contributed by atoms with Crippen molar-refractivity contribution in [2.45, 2.75) is 39.0 Å². The number of fused-ring (bicyclic) bond motifs is 2. The maximum Gasteiger partial charge on any atom is 0.280 e. The summed E-state index contributed by atoms with van der Waals surface area (Å²) in [6.45, 7) is 2.12. The Labute approximate surface area is 141 Å². The summed E-state index contributed by atoms with van der Waals surface area (Å²) in [6, 6.07) is 7.93. The van der Waals surface area contributed by atoms with Gasteiger partial charge in [-0.25, -0.2) is 0 Å². The largest absolute Gasteiger partial charge is 0.383 e. The van der Waals surface area contributed by atoms with E-state index in [2.05, 4.69) is 22.7 Å². The first kappa shape index (κ1) is 15.0. The summed E-state index contributed by atoms with van der Waals surface area (Å²) in [5.74, 6) is 0.374. The second kappa shape index (κ2) is 5.51. The topological polar surface area (TPSA) is 65.8 Å². The third kappa shape index (κ3) is 2.08. The van der Waals surface area contributed by atoms with Gasteiger partial charge in [-0.15, -0.1) is 0 Å². The molecule has 0 spiro atoms. The van der Waals surface area contributed by atoms with Crippen molar-refractivity contribution in [1.29, 1.82) is 0 Å². The highest BCUT2D eigenvalue weighted by Gasteiger charge is 2.24. The number of carbonyl (C=O) groups excluding carboxylic acids is 1. The molecule has 0 bridgehead atoms. The van der Waals surface area contributed by atoms with E-state index in [1.807, 2.05) is 25.2 Å². The third-order valence-corrected chi connectivity index (χ3v) is 5.17. The van der Waals surface area contributed by atoms with Gasteiger partial charge in [0.2, 0.25) is 0 Å². The average Bonchev–Trinajstić information content (AvgIpc) is 3.12. The molecule has 1 aliphatic rings. The van der Waals surface area contributed by atoms with Gasteiger partial charge in [0.05, 0.1) is 11.3 Å². The normalized spacial score (nSPS) is 14.1. The Morgan fingerprint density at radius 2 is 2.08 bits per heavy atom. The summed E-state index contributed by atoms with van der Waals surface area (Å²) in [7, 11) is 2.04. The Bertz CT molecular complexity index is 948. The quantitative estimate of drug-likeness (QED) is 0.788. The minimum absolute atomic E-state index is 0.138. The van der Waals surface area contributed by atoms with Crippen molar-refractivity contribution in [2.24, 2.45) is 7.05 Å². The molecular formula is C19H22N4O. The zero-order chi connectivity index (χ0) is 16.8. The number of aromatic nitrogens is 3. The van der Waals surface area contributed by atoms with Crippen LogP contribution in [0.3, 0.4) is 0 Å². The van der Waals surface area contributed by atoms with Gasteiger partial charge in [0.15, 0.2) is 0 Å². The lowest BCUT2D eigenvalue weighted by Gasteiger charge is -2.08. The summed E-state index contributed by atoms with van der Waals surface area (Å²) in [4.78, 5) is 13.1. The standard InChI is InChI=1S/C19H22N4O/c1-3-12-11-15-13(8-6-10-17(15)22(12)2)19(24)23-18(20)14-7-4-5-9-16(14)21-23/h6,8,10-11H,3-5,7,9,20H2,1-2H3. The molecule has 0 unspecified atom stereocenters. The summed E-state index contributed by atoms with van der Waals surface area (Å²) in [5.41, 5.74) is 11.2. The van der Waals surface area contributed by atoms with Crippen molar-refractivity contribution in [3.8, 4) is 0 Å². The van der Waals surface area contributed by atoms with Crippen LogP contribution < -0.4 is 5.73 Å². The average molecular weight is 322 g/mol. The lowest BCUT2D eigenvalue weighted by molar-refractivity contribution is 0.0949. The third-order valence-electron chi connectivity index (χ3n) is 5.17. The van der Waals surface area contributed by atoms with Crippen LogP contribution in [-0.4, -0.2) is 20.3 Å². The highest BCUT2D eigenvalue weighted by molar-refractivity contribution is 6.08. The Morgan fingerprint density at radius 1 is 1.29 bits per heavy atom. The monoisotopic (exact) mass is 322 g/mol. The van der Waals surface area contributed by atoms with Gasteiger partial charge in [0, 0.05) is 29.2 Å². The van der Waals surface area contributed by atoms with Gasteiger partial charge in [0.25, 0.3) is 5.91 Å². The molecule has 5 nitrogen and oxygen atoms in total. The van der Waals surface area contributed by atoms with Crippen LogP contribution in [0.4, 0.5) is 5.82 Å². The van der Waals surface area contributed by atoms with E-state index in [0.29, 0.717) is 11.4 Å². The first-order chi connectivity index (χ1) is 11.6. The molecule has 0 atom stereocenters. The van der Waals surface area contributed by atoms with Crippen LogP contribution in [0, 0.1) is 0 Å². The van der Waals surface area contributed by atoms with E-state index >= 15 is 0 Å². The maximum atomic E-state index is 13.1. The van der Waals surface area contributed by atoms with Crippen LogP contribution in [0.15, 0.2) is 24.3 Å². The minimum atomic E-state index is -0.138. The molecule has 5 heteroatoms. The van der Waals surface area contributed by atoms with E-state index in [-0.39, 0.29) is 5.91 Å². The summed E-state index contributed by atoms with van der Waals surface area (Å²) >= 11 is 0. The molecule has 1 aromatic carbocycles. The molecule has 124 valence electrons. The summed E-state index contributed by atoms with van der Waals surface area (Å²) < 4.78 is 3.55. The first-order valence-corrected chi connectivity index (χ1v) is 8.60. The fourth-order valence-electron chi connectivity index (χ4n) is 3.79. The number of anilines is 1. The molecule has 0 saturated heterocycles. The molecule has 2 aromatic heterocycles. The molecule has 4 rings (SSSR count). The number of hydrogen-bond acceptors (Lipinski definition) is 3. The molecule has 0 amide bonds. The molecule has 0 aliphatic heterocycles. The highest BCUT2D eigenvalue weighted by Crippen LogP contribution is 2.28. The van der Waals surface area contributed by atoms with Gasteiger partial charge in [-0.05, 0) is 50.3 Å². The van der Waals surface area contributed by atoms with Crippen molar-refractivity contribution in [3.05, 3.63) is 46.8 Å². The zero-order valence-corrected chi connectivity index (χ0v) is 14.2. The van der Waals surface area contributed by atoms with Crippen LogP contribution in [0.25, 0.3) is 10.9 Å². The van der Waals surface area contributed by atoms with Crippen molar-refractivity contribution < 1.29 is 4.79 Å². The van der Waals surface area contributed by atoms with Gasteiger partial charge < -0.3 is 10.3 Å². The fraction of sp³-hybridized carbons (Fsp3) is 0.368. The number of nitrogens with zero attached hydrogens (tertiary/aromatic N) is 3. The van der Waals surface area contributed by atoms with Crippen LogP contribution in [-0.2, 0) is 26.3 Å². The van der Waals surface area contributed by atoms with Gasteiger partial charge >= 0.3 is 0 Å². The molecular weight excluding hydrogens is 300 g/mol. The second-order valence-corrected chi connectivity index (χ2v) is 6.52. The number of hydrogen-bond donors (Lipinski definition) is 1. The SMILES string of the molecule is CCc1cc2c(C(=O)n3nc4c(c3N)CCCC4)cccc2n1C. The molecule has 0 fully saturated rings. The van der Waals surface area contributed by atoms with E-state index in [1.165, 1.54) is 10.4 Å².